The summed E-state index contributed by atoms with van der Waals surface area (Å²) in [5.74, 6) is 0.359. The van der Waals surface area contributed by atoms with E-state index in [0.717, 1.165) is 6.42 Å². The summed E-state index contributed by atoms with van der Waals surface area (Å²) < 4.78 is 0. The van der Waals surface area contributed by atoms with E-state index in [1.807, 2.05) is 6.08 Å². The van der Waals surface area contributed by atoms with E-state index in [1.54, 1.807) is 0 Å². The number of hydrogen-bond donors (Lipinski definition) is 0. The molecule has 3 aromatic rings. The maximum absolute atomic E-state index is 4.01. The first-order valence-corrected chi connectivity index (χ1v) is 8.10. The summed E-state index contributed by atoms with van der Waals surface area (Å²) in [7, 11) is 0. The monoisotopic (exact) mass is 298 g/mol. The third-order valence-corrected chi connectivity index (χ3v) is 4.45. The summed E-state index contributed by atoms with van der Waals surface area (Å²) in [6, 6.07) is 28.1. The Morgan fingerprint density at radius 2 is 1.35 bits per heavy atom. The van der Waals surface area contributed by atoms with Gasteiger partial charge < -0.3 is 0 Å². The van der Waals surface area contributed by atoms with Gasteiger partial charge in [-0.2, -0.15) is 0 Å². The van der Waals surface area contributed by atoms with Crippen LogP contribution in [0.4, 0.5) is 0 Å². The zero-order chi connectivity index (χ0) is 16.1. The fourth-order valence-corrected chi connectivity index (χ4v) is 3.23. The molecule has 0 saturated carbocycles. The van der Waals surface area contributed by atoms with Gasteiger partial charge in [0.2, 0.25) is 0 Å². The predicted octanol–water partition coefficient (Wildman–Crippen LogP) is 6.01. The number of hydrogen-bond acceptors (Lipinski definition) is 0. The van der Waals surface area contributed by atoms with Crippen molar-refractivity contribution in [2.75, 3.05) is 0 Å². The van der Waals surface area contributed by atoms with Crippen molar-refractivity contribution in [1.29, 1.82) is 0 Å². The quantitative estimate of drug-likeness (QED) is 0.541. The zero-order valence-electron chi connectivity index (χ0n) is 13.6. The Labute approximate surface area is 139 Å². The molecule has 0 spiro atoms. The Kier molecular flexibility index (Phi) is 4.73. The molecule has 0 nitrogen and oxygen atoms in total. The van der Waals surface area contributed by atoms with Gasteiger partial charge in [0.25, 0.3) is 0 Å². The van der Waals surface area contributed by atoms with Gasteiger partial charge in [0.1, 0.15) is 0 Å². The average molecular weight is 298 g/mol. The van der Waals surface area contributed by atoms with E-state index >= 15 is 0 Å². The van der Waals surface area contributed by atoms with Crippen molar-refractivity contribution in [1.82, 2.24) is 0 Å². The van der Waals surface area contributed by atoms with Crippen LogP contribution < -0.4 is 0 Å². The molecule has 0 saturated heterocycles. The molecule has 0 aliphatic carbocycles. The fourth-order valence-electron chi connectivity index (χ4n) is 3.23. The third kappa shape index (κ3) is 3.43. The average Bonchev–Trinajstić information content (AvgIpc) is 2.61. The standard InChI is InChI=1S/C23H22/c1-3-22-18(2)11-10-16-21(22)17-23(19-12-6-4-7-13-19)20-14-8-5-9-15-20/h3-16,23H,1,17H2,2H3. The molecule has 0 N–H and O–H groups in total. The summed E-state index contributed by atoms with van der Waals surface area (Å²) >= 11 is 0. The molecule has 0 heteroatoms. The molecule has 3 aromatic carbocycles. The summed E-state index contributed by atoms with van der Waals surface area (Å²) in [6.45, 7) is 6.16. The molecule has 0 aromatic heterocycles. The van der Waals surface area contributed by atoms with Crippen LogP contribution in [0.1, 0.15) is 33.7 Å². The first kappa shape index (κ1) is 15.3. The lowest BCUT2D eigenvalue weighted by Gasteiger charge is -2.20. The summed E-state index contributed by atoms with van der Waals surface area (Å²) in [6.07, 6.45) is 2.97. The van der Waals surface area contributed by atoms with Crippen LogP contribution in [0, 0.1) is 6.92 Å². The lowest BCUT2D eigenvalue weighted by molar-refractivity contribution is 0.803. The van der Waals surface area contributed by atoms with E-state index in [2.05, 4.69) is 92.4 Å². The van der Waals surface area contributed by atoms with Gasteiger partial charge in [-0.1, -0.05) is 91.5 Å². The van der Waals surface area contributed by atoms with E-state index in [1.165, 1.54) is 27.8 Å². The highest BCUT2D eigenvalue weighted by molar-refractivity contribution is 5.57. The smallest absolute Gasteiger partial charge is 0.0130 e. The highest BCUT2D eigenvalue weighted by atomic mass is 14.2. The normalized spacial score (nSPS) is 10.7. The molecular weight excluding hydrogens is 276 g/mol. The van der Waals surface area contributed by atoms with Crippen molar-refractivity contribution in [3.05, 3.63) is 113 Å². The van der Waals surface area contributed by atoms with Crippen molar-refractivity contribution in [3.63, 3.8) is 0 Å². The Morgan fingerprint density at radius 3 is 1.87 bits per heavy atom. The predicted molar refractivity (Wildman–Crippen MR) is 99.7 cm³/mol. The Hall–Kier alpha value is -2.60. The summed E-state index contributed by atoms with van der Waals surface area (Å²) in [5.41, 5.74) is 6.63. The largest absolute Gasteiger partial charge is 0.0985 e. The maximum Gasteiger partial charge on any atom is 0.0130 e. The van der Waals surface area contributed by atoms with Gasteiger partial charge >= 0.3 is 0 Å². The highest BCUT2D eigenvalue weighted by Crippen LogP contribution is 2.30. The Morgan fingerprint density at radius 1 is 0.783 bits per heavy atom. The van der Waals surface area contributed by atoms with Crippen molar-refractivity contribution in [2.45, 2.75) is 19.3 Å². The van der Waals surface area contributed by atoms with Gasteiger partial charge in [-0.25, -0.2) is 0 Å². The van der Waals surface area contributed by atoms with Gasteiger partial charge in [-0.3, -0.25) is 0 Å². The minimum Gasteiger partial charge on any atom is -0.0985 e. The molecule has 0 unspecified atom stereocenters. The first-order chi connectivity index (χ1) is 11.3. The van der Waals surface area contributed by atoms with Crippen LogP contribution >= 0.6 is 0 Å². The van der Waals surface area contributed by atoms with Crippen molar-refractivity contribution < 1.29 is 0 Å². The second kappa shape index (κ2) is 7.11. The van der Waals surface area contributed by atoms with Crippen molar-refractivity contribution in [3.8, 4) is 0 Å². The molecule has 0 fully saturated rings. The Balaban J connectivity index is 2.04. The zero-order valence-corrected chi connectivity index (χ0v) is 13.6. The molecule has 114 valence electrons. The van der Waals surface area contributed by atoms with E-state index in [0.29, 0.717) is 5.92 Å². The van der Waals surface area contributed by atoms with Crippen LogP contribution in [0.15, 0.2) is 85.4 Å². The molecule has 3 rings (SSSR count). The minimum absolute atomic E-state index is 0.359. The van der Waals surface area contributed by atoms with Gasteiger partial charge in [0.05, 0.1) is 0 Å². The van der Waals surface area contributed by atoms with E-state index in [9.17, 15) is 0 Å². The SMILES string of the molecule is C=Cc1c(C)cccc1CC(c1ccccc1)c1ccccc1. The molecule has 0 amide bonds. The molecule has 23 heavy (non-hydrogen) atoms. The van der Waals surface area contributed by atoms with Crippen LogP contribution in [0.5, 0.6) is 0 Å². The third-order valence-electron chi connectivity index (χ3n) is 4.45. The molecule has 0 aliphatic rings. The Bertz CT molecular complexity index is 730. The molecule has 0 bridgehead atoms. The van der Waals surface area contributed by atoms with Crippen molar-refractivity contribution >= 4 is 6.08 Å². The lowest BCUT2D eigenvalue weighted by atomic mass is 9.84. The van der Waals surface area contributed by atoms with Gasteiger partial charge in [0.15, 0.2) is 0 Å². The van der Waals surface area contributed by atoms with E-state index in [4.69, 9.17) is 0 Å². The van der Waals surface area contributed by atoms with E-state index < -0.39 is 0 Å². The van der Waals surface area contributed by atoms with Gasteiger partial charge in [0, 0.05) is 5.92 Å². The van der Waals surface area contributed by atoms with Crippen molar-refractivity contribution in [2.24, 2.45) is 0 Å². The second-order valence-electron chi connectivity index (χ2n) is 5.93. The van der Waals surface area contributed by atoms with Gasteiger partial charge in [-0.15, -0.1) is 0 Å². The fraction of sp³-hybridized carbons (Fsp3) is 0.130. The summed E-state index contributed by atoms with van der Waals surface area (Å²) in [5, 5.41) is 0. The maximum atomic E-state index is 4.01. The van der Waals surface area contributed by atoms with Crippen LogP contribution in [-0.4, -0.2) is 0 Å². The lowest BCUT2D eigenvalue weighted by Crippen LogP contribution is -2.06. The van der Waals surface area contributed by atoms with Crippen LogP contribution in [-0.2, 0) is 6.42 Å². The van der Waals surface area contributed by atoms with E-state index in [-0.39, 0.29) is 0 Å². The van der Waals surface area contributed by atoms with Crippen LogP contribution in [0.25, 0.3) is 6.08 Å². The topological polar surface area (TPSA) is 0 Å². The van der Waals surface area contributed by atoms with Crippen LogP contribution in [0.3, 0.4) is 0 Å². The second-order valence-corrected chi connectivity index (χ2v) is 5.93. The first-order valence-electron chi connectivity index (χ1n) is 8.10. The number of aryl methyl sites for hydroxylation is 1. The van der Waals surface area contributed by atoms with Gasteiger partial charge in [-0.05, 0) is 41.2 Å². The highest BCUT2D eigenvalue weighted by Gasteiger charge is 2.16. The minimum atomic E-state index is 0.359. The number of benzene rings is 3. The molecule has 0 aliphatic heterocycles. The summed E-state index contributed by atoms with van der Waals surface area (Å²) in [4.78, 5) is 0. The molecule has 0 radical (unpaired) electrons. The molecule has 0 heterocycles. The molecule has 0 atom stereocenters. The number of rotatable bonds is 5. The molecular formula is C23H22. The van der Waals surface area contributed by atoms with Crippen LogP contribution in [0.2, 0.25) is 0 Å².